The number of carbonyl (C=O) groups is 1. The minimum absolute atomic E-state index is 0.176. The van der Waals surface area contributed by atoms with Crippen LogP contribution in [0.3, 0.4) is 0 Å². The van der Waals surface area contributed by atoms with Crippen LogP contribution in [0.5, 0.6) is 0 Å². The minimum atomic E-state index is -0.176. The van der Waals surface area contributed by atoms with Crippen molar-refractivity contribution in [1.82, 2.24) is 4.98 Å². The molecule has 2 N–H and O–H groups in total. The third kappa shape index (κ3) is 3.60. The maximum absolute atomic E-state index is 12.5. The van der Waals surface area contributed by atoms with Gasteiger partial charge in [0.2, 0.25) is 0 Å². The van der Waals surface area contributed by atoms with Crippen molar-refractivity contribution >= 4 is 23.0 Å². The van der Waals surface area contributed by atoms with Crippen LogP contribution in [0, 0.1) is 13.8 Å². The highest BCUT2D eigenvalue weighted by Crippen LogP contribution is 2.21. The number of pyridine rings is 1. The second kappa shape index (κ2) is 6.96. The van der Waals surface area contributed by atoms with E-state index in [9.17, 15) is 4.79 Å². The van der Waals surface area contributed by atoms with Crippen LogP contribution in [0.15, 0.2) is 67.0 Å². The molecule has 0 radical (unpaired) electrons. The van der Waals surface area contributed by atoms with E-state index in [1.54, 1.807) is 18.5 Å². The number of benzene rings is 2. The van der Waals surface area contributed by atoms with Crippen LogP contribution in [0.2, 0.25) is 0 Å². The fourth-order valence-electron chi connectivity index (χ4n) is 2.41. The molecule has 0 bridgehead atoms. The van der Waals surface area contributed by atoms with Crippen LogP contribution >= 0.6 is 0 Å². The van der Waals surface area contributed by atoms with E-state index in [1.807, 2.05) is 62.4 Å². The lowest BCUT2D eigenvalue weighted by molar-refractivity contribution is 0.102. The lowest BCUT2D eigenvalue weighted by atomic mass is 10.1. The molecule has 0 saturated carbocycles. The topological polar surface area (TPSA) is 54.0 Å². The first-order valence-electron chi connectivity index (χ1n) is 7.78. The van der Waals surface area contributed by atoms with E-state index in [2.05, 4.69) is 15.6 Å². The highest BCUT2D eigenvalue weighted by molar-refractivity contribution is 6.05. The summed E-state index contributed by atoms with van der Waals surface area (Å²) >= 11 is 0. The molecule has 0 fully saturated rings. The molecule has 0 unspecified atom stereocenters. The number of rotatable bonds is 4. The summed E-state index contributed by atoms with van der Waals surface area (Å²) in [5, 5.41) is 6.22. The molecule has 0 atom stereocenters. The largest absolute Gasteiger partial charge is 0.354 e. The molecule has 1 aromatic heterocycles. The predicted molar refractivity (Wildman–Crippen MR) is 97.8 cm³/mol. The van der Waals surface area contributed by atoms with E-state index < -0.39 is 0 Å². The smallest absolute Gasteiger partial charge is 0.257 e. The predicted octanol–water partition coefficient (Wildman–Crippen LogP) is 4.69. The Labute approximate surface area is 141 Å². The van der Waals surface area contributed by atoms with Gasteiger partial charge >= 0.3 is 0 Å². The molecule has 4 nitrogen and oxygen atoms in total. The van der Waals surface area contributed by atoms with Crippen molar-refractivity contribution in [2.75, 3.05) is 10.6 Å². The summed E-state index contributed by atoms with van der Waals surface area (Å²) in [4.78, 5) is 16.6. The van der Waals surface area contributed by atoms with Crippen LogP contribution in [0.1, 0.15) is 21.5 Å². The van der Waals surface area contributed by atoms with Gasteiger partial charge in [-0.25, -0.2) is 0 Å². The summed E-state index contributed by atoms with van der Waals surface area (Å²) in [6.45, 7) is 3.99. The first kappa shape index (κ1) is 15.7. The van der Waals surface area contributed by atoms with Crippen molar-refractivity contribution in [3.63, 3.8) is 0 Å². The molecular formula is C20H19N3O. The molecule has 0 aliphatic heterocycles. The van der Waals surface area contributed by atoms with Gasteiger partial charge in [-0.05, 0) is 43.2 Å². The zero-order valence-electron chi connectivity index (χ0n) is 13.7. The number of para-hydroxylation sites is 2. The minimum Gasteiger partial charge on any atom is -0.354 e. The molecule has 3 aromatic rings. The molecule has 1 amide bonds. The summed E-state index contributed by atoms with van der Waals surface area (Å²) in [6.07, 6.45) is 3.27. The molecule has 4 heteroatoms. The molecule has 24 heavy (non-hydrogen) atoms. The normalized spacial score (nSPS) is 10.2. The van der Waals surface area contributed by atoms with Crippen LogP contribution in [0.4, 0.5) is 17.1 Å². The molecular weight excluding hydrogens is 298 g/mol. The number of aryl methyl sites for hydroxylation is 2. The molecule has 120 valence electrons. The Kier molecular flexibility index (Phi) is 4.57. The number of hydrogen-bond donors (Lipinski definition) is 2. The highest BCUT2D eigenvalue weighted by atomic mass is 16.1. The van der Waals surface area contributed by atoms with Crippen LogP contribution in [-0.4, -0.2) is 10.9 Å². The van der Waals surface area contributed by atoms with Gasteiger partial charge in [0, 0.05) is 17.6 Å². The van der Waals surface area contributed by atoms with E-state index in [0.717, 1.165) is 28.2 Å². The van der Waals surface area contributed by atoms with Crippen molar-refractivity contribution in [3.8, 4) is 0 Å². The quantitative estimate of drug-likeness (QED) is 0.733. The number of nitrogens with zero attached hydrogens (tertiary/aromatic N) is 1. The van der Waals surface area contributed by atoms with Crippen LogP contribution < -0.4 is 10.6 Å². The average molecular weight is 317 g/mol. The second-order valence-electron chi connectivity index (χ2n) is 5.67. The van der Waals surface area contributed by atoms with Crippen molar-refractivity contribution in [3.05, 3.63) is 83.7 Å². The van der Waals surface area contributed by atoms with Gasteiger partial charge in [-0.15, -0.1) is 0 Å². The molecule has 0 saturated heterocycles. The molecule has 2 aromatic carbocycles. The van der Waals surface area contributed by atoms with E-state index in [0.29, 0.717) is 5.56 Å². The average Bonchev–Trinajstić information content (AvgIpc) is 2.59. The zero-order valence-corrected chi connectivity index (χ0v) is 13.7. The van der Waals surface area contributed by atoms with Gasteiger partial charge in [0.25, 0.3) is 5.91 Å². The maximum Gasteiger partial charge on any atom is 0.257 e. The lowest BCUT2D eigenvalue weighted by Gasteiger charge is -2.11. The summed E-state index contributed by atoms with van der Waals surface area (Å²) in [5.41, 5.74) is 5.24. The van der Waals surface area contributed by atoms with Crippen molar-refractivity contribution < 1.29 is 4.79 Å². The molecule has 0 aliphatic rings. The van der Waals surface area contributed by atoms with Gasteiger partial charge in [-0.2, -0.15) is 0 Å². The zero-order chi connectivity index (χ0) is 16.9. The van der Waals surface area contributed by atoms with Gasteiger partial charge in [0.15, 0.2) is 0 Å². The van der Waals surface area contributed by atoms with E-state index in [4.69, 9.17) is 0 Å². The fraction of sp³-hybridized carbons (Fsp3) is 0.100. The fourth-order valence-corrected chi connectivity index (χ4v) is 2.41. The number of nitrogens with one attached hydrogen (secondary N) is 2. The standard InChI is InChI=1S/C20H19N3O/c1-14-7-3-5-9-18(14)22-17-11-16(12-21-13-17)20(24)23-19-10-6-4-8-15(19)2/h3-13,22H,1-2H3,(H,23,24). The van der Waals surface area contributed by atoms with Crippen LogP contribution in [-0.2, 0) is 0 Å². The molecule has 0 aliphatic carbocycles. The Morgan fingerprint density at radius 1 is 0.875 bits per heavy atom. The Morgan fingerprint density at radius 2 is 1.50 bits per heavy atom. The van der Waals surface area contributed by atoms with Crippen molar-refractivity contribution in [2.45, 2.75) is 13.8 Å². The van der Waals surface area contributed by atoms with Gasteiger partial charge in [0.05, 0.1) is 17.4 Å². The lowest BCUT2D eigenvalue weighted by Crippen LogP contribution is -2.13. The third-order valence-electron chi connectivity index (χ3n) is 3.82. The molecule has 1 heterocycles. The van der Waals surface area contributed by atoms with Gasteiger partial charge in [-0.1, -0.05) is 36.4 Å². The van der Waals surface area contributed by atoms with E-state index >= 15 is 0 Å². The number of anilines is 3. The highest BCUT2D eigenvalue weighted by Gasteiger charge is 2.09. The number of hydrogen-bond acceptors (Lipinski definition) is 3. The number of aromatic nitrogens is 1. The third-order valence-corrected chi connectivity index (χ3v) is 3.82. The molecule has 0 spiro atoms. The molecule has 3 rings (SSSR count). The second-order valence-corrected chi connectivity index (χ2v) is 5.67. The first-order valence-corrected chi connectivity index (χ1v) is 7.78. The van der Waals surface area contributed by atoms with E-state index in [-0.39, 0.29) is 5.91 Å². The van der Waals surface area contributed by atoms with Crippen molar-refractivity contribution in [1.29, 1.82) is 0 Å². The summed E-state index contributed by atoms with van der Waals surface area (Å²) in [7, 11) is 0. The van der Waals surface area contributed by atoms with Gasteiger partial charge < -0.3 is 10.6 Å². The summed E-state index contributed by atoms with van der Waals surface area (Å²) in [5.74, 6) is -0.176. The maximum atomic E-state index is 12.5. The number of amides is 1. The monoisotopic (exact) mass is 317 g/mol. The SMILES string of the molecule is Cc1ccccc1NC(=O)c1cncc(Nc2ccccc2C)c1. The Morgan fingerprint density at radius 3 is 2.17 bits per heavy atom. The summed E-state index contributed by atoms with van der Waals surface area (Å²) < 4.78 is 0. The van der Waals surface area contributed by atoms with Gasteiger partial charge in [0.1, 0.15) is 0 Å². The Balaban J connectivity index is 1.79. The van der Waals surface area contributed by atoms with Crippen molar-refractivity contribution in [2.24, 2.45) is 0 Å². The Bertz CT molecular complexity index is 874. The summed E-state index contributed by atoms with van der Waals surface area (Å²) in [6, 6.07) is 17.5. The first-order chi connectivity index (χ1) is 11.6. The van der Waals surface area contributed by atoms with E-state index in [1.165, 1.54) is 0 Å². The number of carbonyl (C=O) groups excluding carboxylic acids is 1. The Hall–Kier alpha value is -3.14. The van der Waals surface area contributed by atoms with Crippen LogP contribution in [0.25, 0.3) is 0 Å². The van der Waals surface area contributed by atoms with Gasteiger partial charge in [-0.3, -0.25) is 9.78 Å².